The lowest BCUT2D eigenvalue weighted by Crippen LogP contribution is -2.39. The molecule has 1 aromatic heterocycles. The number of benzene rings is 2. The van der Waals surface area contributed by atoms with Crippen LogP contribution in [-0.2, 0) is 24.3 Å². The molecule has 13 heteroatoms. The smallest absolute Gasteiger partial charge is 0.430 e. The molecule has 11 nitrogen and oxygen atoms in total. The summed E-state index contributed by atoms with van der Waals surface area (Å²) in [5, 5.41) is -0.0623. The van der Waals surface area contributed by atoms with Gasteiger partial charge >= 0.3 is 12.1 Å². The van der Waals surface area contributed by atoms with Crippen molar-refractivity contribution in [3.63, 3.8) is 0 Å². The van der Waals surface area contributed by atoms with Crippen LogP contribution in [0.25, 0.3) is 11.1 Å². The minimum Gasteiger partial charge on any atom is -0.479 e. The number of anilines is 1. The SMILES string of the molecule is COC(=O)C(C)Oc1ccc(-c2ccccc2S(=O)(=O)N(C(=O)OCC(C)C)c2ncc(Cl)nc2OC)cc1. The van der Waals surface area contributed by atoms with E-state index in [1.54, 1.807) is 43.3 Å². The Morgan fingerprint density at radius 1 is 1.03 bits per heavy atom. The van der Waals surface area contributed by atoms with Crippen molar-refractivity contribution in [2.45, 2.75) is 31.8 Å². The van der Waals surface area contributed by atoms with Gasteiger partial charge in [-0.3, -0.25) is 0 Å². The van der Waals surface area contributed by atoms with E-state index in [2.05, 4.69) is 14.7 Å². The van der Waals surface area contributed by atoms with Gasteiger partial charge in [0.1, 0.15) is 5.75 Å². The lowest BCUT2D eigenvalue weighted by atomic mass is 10.1. The van der Waals surface area contributed by atoms with E-state index >= 15 is 0 Å². The van der Waals surface area contributed by atoms with Crippen LogP contribution in [-0.4, -0.2) is 57.4 Å². The summed E-state index contributed by atoms with van der Waals surface area (Å²) in [6, 6.07) is 12.5. The lowest BCUT2D eigenvalue weighted by Gasteiger charge is -2.23. The fourth-order valence-corrected chi connectivity index (χ4v) is 5.01. The Morgan fingerprint density at radius 2 is 1.69 bits per heavy atom. The maximum atomic E-state index is 14.1. The second-order valence-electron chi connectivity index (χ2n) is 8.57. The van der Waals surface area contributed by atoms with E-state index in [4.69, 9.17) is 25.8 Å². The molecule has 208 valence electrons. The van der Waals surface area contributed by atoms with Gasteiger partial charge in [0.15, 0.2) is 11.3 Å². The number of hydrogen-bond acceptors (Lipinski definition) is 10. The number of esters is 1. The Kier molecular flexibility index (Phi) is 9.71. The van der Waals surface area contributed by atoms with Gasteiger partial charge in [-0.05, 0) is 36.6 Å². The number of methoxy groups -OCH3 is 2. The highest BCUT2D eigenvalue weighted by atomic mass is 35.5. The summed E-state index contributed by atoms with van der Waals surface area (Å²) in [4.78, 5) is 32.6. The first kappa shape index (κ1) is 29.7. The number of rotatable bonds is 10. The van der Waals surface area contributed by atoms with E-state index in [0.717, 1.165) is 6.20 Å². The van der Waals surface area contributed by atoms with Gasteiger partial charge in [-0.15, -0.1) is 4.31 Å². The second-order valence-corrected chi connectivity index (χ2v) is 10.7. The molecule has 3 rings (SSSR count). The Morgan fingerprint density at radius 3 is 2.31 bits per heavy atom. The topological polar surface area (TPSA) is 134 Å². The summed E-state index contributed by atoms with van der Waals surface area (Å²) in [6.07, 6.45) is -0.930. The number of carbonyl (C=O) groups excluding carboxylic acids is 2. The van der Waals surface area contributed by atoms with Gasteiger partial charge in [0.2, 0.25) is 5.82 Å². The van der Waals surface area contributed by atoms with E-state index < -0.39 is 34.0 Å². The highest BCUT2D eigenvalue weighted by Gasteiger charge is 2.38. The molecular weight excluding hydrogens is 550 g/mol. The Bertz CT molecular complexity index is 1430. The molecule has 3 aromatic rings. The van der Waals surface area contributed by atoms with Crippen molar-refractivity contribution in [3.8, 4) is 22.8 Å². The number of sulfonamides is 1. The number of hydrogen-bond donors (Lipinski definition) is 0. The largest absolute Gasteiger partial charge is 0.479 e. The van der Waals surface area contributed by atoms with Crippen LogP contribution in [0.3, 0.4) is 0 Å². The van der Waals surface area contributed by atoms with E-state index in [0.29, 0.717) is 15.6 Å². The summed E-state index contributed by atoms with van der Waals surface area (Å²) in [6.45, 7) is 5.12. The summed E-state index contributed by atoms with van der Waals surface area (Å²) >= 11 is 5.92. The van der Waals surface area contributed by atoms with Crippen molar-refractivity contribution in [1.29, 1.82) is 0 Å². The minimum absolute atomic E-state index is 0.0404. The quantitative estimate of drug-likeness (QED) is 0.311. The third-order valence-electron chi connectivity index (χ3n) is 5.20. The van der Waals surface area contributed by atoms with Crippen molar-refractivity contribution >= 4 is 39.5 Å². The van der Waals surface area contributed by atoms with Crippen LogP contribution in [0.2, 0.25) is 5.15 Å². The van der Waals surface area contributed by atoms with E-state index in [1.165, 1.54) is 26.4 Å². The standard InChI is InChI=1S/C26H28ClN3O8S/c1-16(2)15-37-26(32)30(23-24(35-4)29-22(27)14-28-23)39(33,34)21-9-7-6-8-20(21)18-10-12-19(13-11-18)38-17(3)25(31)36-5/h6-14,16-17H,15H2,1-5H3. The van der Waals surface area contributed by atoms with Crippen LogP contribution in [0, 0.1) is 5.92 Å². The van der Waals surface area contributed by atoms with Crippen molar-refractivity contribution < 1.29 is 37.0 Å². The van der Waals surface area contributed by atoms with Gasteiger partial charge in [0.25, 0.3) is 15.9 Å². The molecule has 0 saturated heterocycles. The van der Waals surface area contributed by atoms with Gasteiger partial charge in [0, 0.05) is 5.56 Å². The third-order valence-corrected chi connectivity index (χ3v) is 7.10. The zero-order valence-electron chi connectivity index (χ0n) is 22.0. The molecule has 1 atom stereocenters. The summed E-state index contributed by atoms with van der Waals surface area (Å²) in [5.41, 5.74) is 0.782. The number of halogens is 1. The van der Waals surface area contributed by atoms with Crippen LogP contribution in [0.4, 0.5) is 10.6 Å². The molecule has 0 N–H and O–H groups in total. The number of ether oxygens (including phenoxy) is 4. The first-order valence-corrected chi connectivity index (χ1v) is 13.5. The number of carbonyl (C=O) groups is 2. The van der Waals surface area contributed by atoms with Gasteiger partial charge in [-0.1, -0.05) is 55.8 Å². The molecule has 0 aliphatic heterocycles. The van der Waals surface area contributed by atoms with Crippen LogP contribution in [0.15, 0.2) is 59.6 Å². The summed E-state index contributed by atoms with van der Waals surface area (Å²) in [7, 11) is -2.13. The first-order chi connectivity index (χ1) is 18.5. The highest BCUT2D eigenvalue weighted by Crippen LogP contribution is 2.35. The summed E-state index contributed by atoms with van der Waals surface area (Å²) in [5.74, 6) is -0.929. The first-order valence-electron chi connectivity index (χ1n) is 11.7. The van der Waals surface area contributed by atoms with Crippen molar-refractivity contribution in [2.24, 2.45) is 5.92 Å². The van der Waals surface area contributed by atoms with E-state index in [-0.39, 0.29) is 34.0 Å². The fourth-order valence-electron chi connectivity index (χ4n) is 3.38. The predicted octanol–water partition coefficient (Wildman–Crippen LogP) is 4.73. The number of aromatic nitrogens is 2. The monoisotopic (exact) mass is 577 g/mol. The number of nitrogens with zero attached hydrogens (tertiary/aromatic N) is 3. The average Bonchev–Trinajstić information content (AvgIpc) is 2.92. The van der Waals surface area contributed by atoms with Crippen molar-refractivity contribution in [2.75, 3.05) is 25.1 Å². The molecule has 0 bridgehead atoms. The molecule has 0 aliphatic rings. The maximum absolute atomic E-state index is 14.1. The third kappa shape index (κ3) is 6.95. The number of amides is 1. The fraction of sp³-hybridized carbons (Fsp3) is 0.308. The van der Waals surface area contributed by atoms with Crippen molar-refractivity contribution in [3.05, 3.63) is 59.9 Å². The zero-order valence-corrected chi connectivity index (χ0v) is 23.5. The zero-order chi connectivity index (χ0) is 28.7. The highest BCUT2D eigenvalue weighted by molar-refractivity contribution is 7.93. The molecule has 1 unspecified atom stereocenters. The molecule has 2 aromatic carbocycles. The lowest BCUT2D eigenvalue weighted by molar-refractivity contribution is -0.147. The molecule has 0 spiro atoms. The molecule has 1 heterocycles. The molecular formula is C26H28ClN3O8S. The van der Waals surface area contributed by atoms with Crippen LogP contribution < -0.4 is 13.8 Å². The molecule has 0 fully saturated rings. The summed E-state index contributed by atoms with van der Waals surface area (Å²) < 4.78 is 49.3. The average molecular weight is 578 g/mol. The Hall–Kier alpha value is -3.90. The Balaban J connectivity index is 2.09. The Labute approximate surface area is 231 Å². The molecule has 1 amide bonds. The van der Waals surface area contributed by atoms with E-state index in [1.807, 2.05) is 13.8 Å². The van der Waals surface area contributed by atoms with Crippen LogP contribution >= 0.6 is 11.6 Å². The normalized spacial score (nSPS) is 12.0. The van der Waals surface area contributed by atoms with Crippen molar-refractivity contribution in [1.82, 2.24) is 9.97 Å². The predicted molar refractivity (Wildman–Crippen MR) is 143 cm³/mol. The molecule has 0 radical (unpaired) electrons. The van der Waals surface area contributed by atoms with Gasteiger partial charge in [-0.2, -0.15) is 4.98 Å². The maximum Gasteiger partial charge on any atom is 0.430 e. The van der Waals surface area contributed by atoms with Gasteiger partial charge in [-0.25, -0.2) is 23.0 Å². The minimum atomic E-state index is -4.63. The van der Waals surface area contributed by atoms with E-state index in [9.17, 15) is 18.0 Å². The van der Waals surface area contributed by atoms with Gasteiger partial charge < -0.3 is 18.9 Å². The molecule has 0 saturated carbocycles. The van der Waals surface area contributed by atoms with Crippen LogP contribution in [0.5, 0.6) is 11.6 Å². The molecule has 0 aliphatic carbocycles. The molecule has 39 heavy (non-hydrogen) atoms. The van der Waals surface area contributed by atoms with Gasteiger partial charge in [0.05, 0.1) is 31.9 Å². The second kappa shape index (κ2) is 12.8. The van der Waals surface area contributed by atoms with Crippen LogP contribution in [0.1, 0.15) is 20.8 Å².